The molecule has 1 aromatic rings. The summed E-state index contributed by atoms with van der Waals surface area (Å²) in [6.45, 7) is 4.42. The van der Waals surface area contributed by atoms with Crippen molar-refractivity contribution < 1.29 is 14.7 Å². The molecule has 3 atom stereocenters. The molecule has 0 heterocycles. The van der Waals surface area contributed by atoms with Crippen LogP contribution in [0.4, 0.5) is 0 Å². The molecule has 3 unspecified atom stereocenters. The lowest BCUT2D eigenvalue weighted by atomic mass is 9.80. The number of aromatic carboxylic acids is 1. The Morgan fingerprint density at radius 1 is 1.24 bits per heavy atom. The minimum Gasteiger partial charge on any atom is -0.478 e. The number of carbonyl (C=O) groups excluding carboxylic acids is 1. The van der Waals surface area contributed by atoms with Gasteiger partial charge in [-0.15, -0.1) is 0 Å². The Hall–Kier alpha value is -1.84. The van der Waals surface area contributed by atoms with E-state index < -0.39 is 5.97 Å². The molecule has 1 saturated carbocycles. The third-order valence-corrected chi connectivity index (χ3v) is 4.38. The van der Waals surface area contributed by atoms with Crippen LogP contribution in [0.5, 0.6) is 0 Å². The molecule has 0 spiro atoms. The zero-order chi connectivity index (χ0) is 15.4. The average molecular weight is 289 g/mol. The zero-order valence-corrected chi connectivity index (χ0v) is 12.6. The van der Waals surface area contributed by atoms with Crippen molar-refractivity contribution in [3.63, 3.8) is 0 Å². The maximum absolute atomic E-state index is 12.2. The number of hydrogen-bond acceptors (Lipinski definition) is 2. The van der Waals surface area contributed by atoms with E-state index in [9.17, 15) is 9.59 Å². The van der Waals surface area contributed by atoms with Crippen molar-refractivity contribution in [1.29, 1.82) is 0 Å². The van der Waals surface area contributed by atoms with E-state index in [1.54, 1.807) is 18.2 Å². The topological polar surface area (TPSA) is 66.4 Å². The van der Waals surface area contributed by atoms with E-state index in [0.29, 0.717) is 11.5 Å². The lowest BCUT2D eigenvalue weighted by molar-refractivity contribution is -0.121. The van der Waals surface area contributed by atoms with Gasteiger partial charge in [0.05, 0.1) is 12.0 Å². The summed E-state index contributed by atoms with van der Waals surface area (Å²) in [5, 5.41) is 12.2. The fourth-order valence-electron chi connectivity index (χ4n) is 3.19. The summed E-state index contributed by atoms with van der Waals surface area (Å²) in [5.74, 6) is 0.127. The monoisotopic (exact) mass is 289 g/mol. The van der Waals surface area contributed by atoms with Gasteiger partial charge >= 0.3 is 5.97 Å². The second-order valence-corrected chi connectivity index (χ2v) is 6.21. The van der Waals surface area contributed by atoms with Crippen LogP contribution < -0.4 is 5.32 Å². The lowest BCUT2D eigenvalue weighted by Crippen LogP contribution is -2.43. The van der Waals surface area contributed by atoms with Crippen molar-refractivity contribution in [3.05, 3.63) is 35.4 Å². The van der Waals surface area contributed by atoms with Gasteiger partial charge in [-0.2, -0.15) is 0 Å². The first kappa shape index (κ1) is 15.5. The number of rotatable bonds is 4. The van der Waals surface area contributed by atoms with E-state index in [-0.39, 0.29) is 23.9 Å². The molecular weight excluding hydrogens is 266 g/mol. The highest BCUT2D eigenvalue weighted by atomic mass is 16.4. The number of hydrogen-bond donors (Lipinski definition) is 2. The van der Waals surface area contributed by atoms with Gasteiger partial charge in [0, 0.05) is 6.04 Å². The summed E-state index contributed by atoms with van der Waals surface area (Å²) in [7, 11) is 0. The molecule has 1 aliphatic carbocycles. The molecule has 0 radical (unpaired) electrons. The molecule has 0 aliphatic heterocycles. The lowest BCUT2D eigenvalue weighted by Gasteiger charge is -2.33. The highest BCUT2D eigenvalue weighted by Gasteiger charge is 2.26. The number of nitrogens with one attached hydrogen (secondary N) is 1. The molecule has 2 N–H and O–H groups in total. The van der Waals surface area contributed by atoms with Crippen LogP contribution in [-0.2, 0) is 11.2 Å². The van der Waals surface area contributed by atoms with Crippen molar-refractivity contribution in [2.75, 3.05) is 0 Å². The highest BCUT2D eigenvalue weighted by molar-refractivity contribution is 5.91. The molecule has 114 valence electrons. The quantitative estimate of drug-likeness (QED) is 0.895. The molecule has 0 aromatic heterocycles. The van der Waals surface area contributed by atoms with Crippen LogP contribution in [0, 0.1) is 11.8 Å². The van der Waals surface area contributed by atoms with Crippen molar-refractivity contribution in [1.82, 2.24) is 5.32 Å². The van der Waals surface area contributed by atoms with Gasteiger partial charge in [0.25, 0.3) is 0 Å². The number of benzene rings is 1. The molecule has 1 aliphatic rings. The van der Waals surface area contributed by atoms with E-state index in [4.69, 9.17) is 5.11 Å². The summed E-state index contributed by atoms with van der Waals surface area (Å²) in [5.41, 5.74) is 0.775. The smallest absolute Gasteiger partial charge is 0.335 e. The second-order valence-electron chi connectivity index (χ2n) is 6.21. The van der Waals surface area contributed by atoms with E-state index in [0.717, 1.165) is 25.2 Å². The third kappa shape index (κ3) is 4.06. The summed E-state index contributed by atoms with van der Waals surface area (Å²) < 4.78 is 0. The first-order chi connectivity index (χ1) is 9.97. The number of amides is 1. The third-order valence-electron chi connectivity index (χ3n) is 4.38. The Bertz CT molecular complexity index is 527. The summed E-state index contributed by atoms with van der Waals surface area (Å²) in [4.78, 5) is 23.3. The van der Waals surface area contributed by atoms with Crippen LogP contribution in [0.15, 0.2) is 24.3 Å². The van der Waals surface area contributed by atoms with Gasteiger partial charge in [-0.1, -0.05) is 32.0 Å². The van der Waals surface area contributed by atoms with E-state index in [1.807, 2.05) is 0 Å². The van der Waals surface area contributed by atoms with Crippen LogP contribution in [0.25, 0.3) is 0 Å². The van der Waals surface area contributed by atoms with Crippen molar-refractivity contribution >= 4 is 11.9 Å². The first-order valence-corrected chi connectivity index (χ1v) is 7.58. The highest BCUT2D eigenvalue weighted by Crippen LogP contribution is 2.28. The van der Waals surface area contributed by atoms with E-state index >= 15 is 0 Å². The number of carbonyl (C=O) groups is 2. The Morgan fingerprint density at radius 3 is 2.62 bits per heavy atom. The Kier molecular flexibility index (Phi) is 4.99. The molecule has 1 amide bonds. The average Bonchev–Trinajstić information content (AvgIpc) is 2.42. The summed E-state index contributed by atoms with van der Waals surface area (Å²) >= 11 is 0. The van der Waals surface area contributed by atoms with Crippen molar-refractivity contribution in [2.24, 2.45) is 11.8 Å². The van der Waals surface area contributed by atoms with Crippen LogP contribution in [0.3, 0.4) is 0 Å². The van der Waals surface area contributed by atoms with Crippen LogP contribution >= 0.6 is 0 Å². The van der Waals surface area contributed by atoms with Crippen molar-refractivity contribution in [3.8, 4) is 0 Å². The molecule has 2 rings (SSSR count). The second kappa shape index (κ2) is 6.74. The van der Waals surface area contributed by atoms with Crippen LogP contribution in [-0.4, -0.2) is 23.0 Å². The molecule has 0 bridgehead atoms. The van der Waals surface area contributed by atoms with Gasteiger partial charge in [-0.3, -0.25) is 4.79 Å². The van der Waals surface area contributed by atoms with Crippen LogP contribution in [0.1, 0.15) is 49.0 Å². The van der Waals surface area contributed by atoms with Gasteiger partial charge in [0.2, 0.25) is 5.91 Å². The zero-order valence-electron chi connectivity index (χ0n) is 12.6. The summed E-state index contributed by atoms with van der Waals surface area (Å²) in [6.07, 6.45) is 3.41. The van der Waals surface area contributed by atoms with Gasteiger partial charge in [-0.05, 0) is 42.7 Å². The Labute approximate surface area is 125 Å². The standard InChI is InChI=1S/C17H23NO3/c1-11-7-8-15(12(2)9-11)18-16(19)10-13-5-3-4-6-14(13)17(20)21/h3-6,11-12,15H,7-10H2,1-2H3,(H,18,19)(H,20,21). The normalized spacial score (nSPS) is 25.3. The minimum absolute atomic E-state index is 0.0879. The Morgan fingerprint density at radius 2 is 1.95 bits per heavy atom. The predicted molar refractivity (Wildman–Crippen MR) is 81.2 cm³/mol. The fourth-order valence-corrected chi connectivity index (χ4v) is 3.19. The minimum atomic E-state index is -0.988. The van der Waals surface area contributed by atoms with E-state index in [1.165, 1.54) is 6.07 Å². The van der Waals surface area contributed by atoms with Gasteiger partial charge < -0.3 is 10.4 Å². The molecule has 4 nitrogen and oxygen atoms in total. The molecule has 1 fully saturated rings. The van der Waals surface area contributed by atoms with Crippen LogP contribution in [0.2, 0.25) is 0 Å². The van der Waals surface area contributed by atoms with Gasteiger partial charge in [0.1, 0.15) is 0 Å². The SMILES string of the molecule is CC1CCC(NC(=O)Cc2ccccc2C(=O)O)C(C)C1. The molecular formula is C17H23NO3. The maximum atomic E-state index is 12.2. The molecule has 1 aromatic carbocycles. The van der Waals surface area contributed by atoms with Gasteiger partial charge in [-0.25, -0.2) is 4.79 Å². The predicted octanol–water partition coefficient (Wildman–Crippen LogP) is 2.87. The molecule has 0 saturated heterocycles. The fraction of sp³-hybridized carbons (Fsp3) is 0.529. The van der Waals surface area contributed by atoms with Crippen molar-refractivity contribution in [2.45, 2.75) is 45.6 Å². The molecule has 4 heteroatoms. The first-order valence-electron chi connectivity index (χ1n) is 7.58. The van der Waals surface area contributed by atoms with Gasteiger partial charge in [0.15, 0.2) is 0 Å². The number of carboxylic acid groups (broad SMARTS) is 1. The maximum Gasteiger partial charge on any atom is 0.335 e. The Balaban J connectivity index is 1.98. The van der Waals surface area contributed by atoms with E-state index in [2.05, 4.69) is 19.2 Å². The summed E-state index contributed by atoms with van der Waals surface area (Å²) in [6, 6.07) is 6.89. The largest absolute Gasteiger partial charge is 0.478 e. The molecule has 21 heavy (non-hydrogen) atoms. The number of carboxylic acids is 1.